The van der Waals surface area contributed by atoms with Crippen molar-refractivity contribution in [2.75, 3.05) is 19.7 Å². The SMILES string of the molecule is CCN1CCC[C@@H]1COP(=O)(O)O. The molecule has 0 spiro atoms. The van der Waals surface area contributed by atoms with E-state index >= 15 is 0 Å². The van der Waals surface area contributed by atoms with Gasteiger partial charge in [-0.1, -0.05) is 6.92 Å². The molecule has 1 rings (SSSR count). The number of hydrogen-bond donors (Lipinski definition) is 2. The number of phosphoric ester groups is 1. The first-order valence-corrected chi connectivity index (χ1v) is 6.00. The predicted octanol–water partition coefficient (Wildman–Crippen LogP) is 0.580. The molecular weight excluding hydrogens is 193 g/mol. The number of phosphoric acid groups is 1. The molecule has 1 atom stereocenters. The van der Waals surface area contributed by atoms with Gasteiger partial charge >= 0.3 is 7.82 Å². The van der Waals surface area contributed by atoms with Crippen LogP contribution < -0.4 is 0 Å². The van der Waals surface area contributed by atoms with E-state index in [0.717, 1.165) is 25.9 Å². The molecule has 1 fully saturated rings. The first kappa shape index (κ1) is 11.1. The van der Waals surface area contributed by atoms with Crippen LogP contribution in [0, 0.1) is 0 Å². The molecule has 6 heteroatoms. The maximum atomic E-state index is 10.4. The number of nitrogens with zero attached hydrogens (tertiary/aromatic N) is 1. The normalized spacial score (nSPS) is 25.3. The number of likely N-dealkylation sites (tertiary alicyclic amines) is 1. The number of rotatable bonds is 4. The van der Waals surface area contributed by atoms with Crippen molar-refractivity contribution in [3.8, 4) is 0 Å². The quantitative estimate of drug-likeness (QED) is 0.663. The highest BCUT2D eigenvalue weighted by atomic mass is 31.2. The Kier molecular flexibility index (Phi) is 3.88. The van der Waals surface area contributed by atoms with Gasteiger partial charge in [-0.05, 0) is 25.9 Å². The van der Waals surface area contributed by atoms with Crippen LogP contribution in [0.15, 0.2) is 0 Å². The van der Waals surface area contributed by atoms with E-state index in [1.54, 1.807) is 0 Å². The summed E-state index contributed by atoms with van der Waals surface area (Å²) in [5.41, 5.74) is 0. The Morgan fingerprint density at radius 3 is 2.85 bits per heavy atom. The van der Waals surface area contributed by atoms with Crippen molar-refractivity contribution in [1.29, 1.82) is 0 Å². The molecular formula is C7H16NO4P. The molecule has 0 radical (unpaired) electrons. The minimum absolute atomic E-state index is 0.137. The predicted molar refractivity (Wildman–Crippen MR) is 48.3 cm³/mol. The summed E-state index contributed by atoms with van der Waals surface area (Å²) in [7, 11) is -4.28. The third-order valence-electron chi connectivity index (χ3n) is 2.34. The van der Waals surface area contributed by atoms with Crippen LogP contribution in [-0.2, 0) is 9.09 Å². The van der Waals surface area contributed by atoms with E-state index in [1.165, 1.54) is 0 Å². The van der Waals surface area contributed by atoms with Crippen LogP contribution in [0.2, 0.25) is 0 Å². The lowest BCUT2D eigenvalue weighted by Gasteiger charge is -2.22. The Morgan fingerprint density at radius 1 is 1.62 bits per heavy atom. The van der Waals surface area contributed by atoms with E-state index < -0.39 is 7.82 Å². The molecule has 0 unspecified atom stereocenters. The largest absolute Gasteiger partial charge is 0.469 e. The van der Waals surface area contributed by atoms with Crippen LogP contribution in [0.25, 0.3) is 0 Å². The zero-order valence-corrected chi connectivity index (χ0v) is 8.61. The average molecular weight is 209 g/mol. The molecule has 0 aromatic rings. The lowest BCUT2D eigenvalue weighted by Crippen LogP contribution is -2.32. The van der Waals surface area contributed by atoms with Gasteiger partial charge in [-0.25, -0.2) is 4.57 Å². The monoisotopic (exact) mass is 209 g/mol. The lowest BCUT2D eigenvalue weighted by atomic mass is 10.2. The Hall–Kier alpha value is 0.0700. The van der Waals surface area contributed by atoms with Gasteiger partial charge in [0.2, 0.25) is 0 Å². The van der Waals surface area contributed by atoms with Crippen LogP contribution in [-0.4, -0.2) is 40.4 Å². The van der Waals surface area contributed by atoms with Crippen molar-refractivity contribution < 1.29 is 18.9 Å². The molecule has 1 aliphatic rings. The highest BCUT2D eigenvalue weighted by Gasteiger charge is 2.26. The van der Waals surface area contributed by atoms with E-state index in [1.807, 2.05) is 6.92 Å². The number of hydrogen-bond acceptors (Lipinski definition) is 3. The van der Waals surface area contributed by atoms with Crippen LogP contribution in [0.3, 0.4) is 0 Å². The summed E-state index contributed by atoms with van der Waals surface area (Å²) in [6.07, 6.45) is 2.05. The Morgan fingerprint density at radius 2 is 2.31 bits per heavy atom. The maximum absolute atomic E-state index is 10.4. The van der Waals surface area contributed by atoms with Crippen molar-refractivity contribution >= 4 is 7.82 Å². The topological polar surface area (TPSA) is 70.0 Å². The van der Waals surface area contributed by atoms with E-state index in [9.17, 15) is 4.57 Å². The molecule has 1 saturated heterocycles. The van der Waals surface area contributed by atoms with Gasteiger partial charge in [-0.15, -0.1) is 0 Å². The Bertz CT molecular complexity index is 205. The molecule has 0 aromatic heterocycles. The molecule has 13 heavy (non-hydrogen) atoms. The molecule has 5 nitrogen and oxygen atoms in total. The molecule has 1 heterocycles. The van der Waals surface area contributed by atoms with Crippen molar-refractivity contribution in [2.45, 2.75) is 25.8 Å². The fraction of sp³-hybridized carbons (Fsp3) is 1.00. The second kappa shape index (κ2) is 4.53. The minimum atomic E-state index is -4.28. The fourth-order valence-electron chi connectivity index (χ4n) is 1.68. The van der Waals surface area contributed by atoms with Crippen molar-refractivity contribution in [1.82, 2.24) is 4.90 Å². The van der Waals surface area contributed by atoms with Crippen LogP contribution in [0.5, 0.6) is 0 Å². The van der Waals surface area contributed by atoms with Crippen molar-refractivity contribution in [3.05, 3.63) is 0 Å². The van der Waals surface area contributed by atoms with Gasteiger partial charge in [0.1, 0.15) is 0 Å². The zero-order chi connectivity index (χ0) is 9.90. The van der Waals surface area contributed by atoms with Gasteiger partial charge in [0.25, 0.3) is 0 Å². The van der Waals surface area contributed by atoms with Gasteiger partial charge in [0, 0.05) is 6.04 Å². The summed E-state index contributed by atoms with van der Waals surface area (Å²) in [6, 6.07) is 0.178. The first-order chi connectivity index (χ1) is 6.03. The standard InChI is InChI=1S/C7H16NO4P/c1-2-8-5-3-4-7(8)6-12-13(9,10)11/h7H,2-6H2,1H3,(H2,9,10,11)/t7-/m1/s1. The molecule has 0 amide bonds. The molecule has 0 saturated carbocycles. The van der Waals surface area contributed by atoms with Crippen LogP contribution in [0.4, 0.5) is 0 Å². The second-order valence-electron chi connectivity index (χ2n) is 3.21. The summed E-state index contributed by atoms with van der Waals surface area (Å²) in [5.74, 6) is 0. The van der Waals surface area contributed by atoms with Gasteiger partial charge < -0.3 is 9.79 Å². The van der Waals surface area contributed by atoms with Crippen LogP contribution >= 0.6 is 7.82 Å². The number of likely N-dealkylation sites (N-methyl/N-ethyl adjacent to an activating group) is 1. The first-order valence-electron chi connectivity index (χ1n) is 4.47. The maximum Gasteiger partial charge on any atom is 0.469 e. The van der Waals surface area contributed by atoms with Crippen LogP contribution in [0.1, 0.15) is 19.8 Å². The lowest BCUT2D eigenvalue weighted by molar-refractivity contribution is 0.137. The molecule has 1 aliphatic heterocycles. The van der Waals surface area contributed by atoms with Gasteiger partial charge in [-0.3, -0.25) is 9.42 Å². The summed E-state index contributed by atoms with van der Waals surface area (Å²) >= 11 is 0. The van der Waals surface area contributed by atoms with Gasteiger partial charge in [0.15, 0.2) is 0 Å². The smallest absolute Gasteiger partial charge is 0.303 e. The highest BCUT2D eigenvalue weighted by molar-refractivity contribution is 7.46. The van der Waals surface area contributed by atoms with Gasteiger partial charge in [-0.2, -0.15) is 0 Å². The third-order valence-corrected chi connectivity index (χ3v) is 2.83. The molecule has 0 bridgehead atoms. The molecule has 78 valence electrons. The summed E-state index contributed by atoms with van der Waals surface area (Å²) in [4.78, 5) is 19.2. The highest BCUT2D eigenvalue weighted by Crippen LogP contribution is 2.36. The molecule has 0 aromatic carbocycles. The van der Waals surface area contributed by atoms with Gasteiger partial charge in [0.05, 0.1) is 6.61 Å². The summed E-state index contributed by atoms with van der Waals surface area (Å²) in [5, 5.41) is 0. The van der Waals surface area contributed by atoms with E-state index in [2.05, 4.69) is 9.42 Å². The van der Waals surface area contributed by atoms with Crippen molar-refractivity contribution in [2.24, 2.45) is 0 Å². The van der Waals surface area contributed by atoms with Crippen molar-refractivity contribution in [3.63, 3.8) is 0 Å². The average Bonchev–Trinajstić information content (AvgIpc) is 2.46. The Balaban J connectivity index is 2.32. The molecule has 2 N–H and O–H groups in total. The molecule has 0 aliphatic carbocycles. The Labute approximate surface area is 77.9 Å². The van der Waals surface area contributed by atoms with E-state index in [-0.39, 0.29) is 12.6 Å². The fourth-order valence-corrected chi connectivity index (χ4v) is 2.05. The summed E-state index contributed by atoms with van der Waals surface area (Å²) < 4.78 is 14.9. The minimum Gasteiger partial charge on any atom is -0.303 e. The summed E-state index contributed by atoms with van der Waals surface area (Å²) in [6.45, 7) is 4.09. The second-order valence-corrected chi connectivity index (χ2v) is 4.45. The zero-order valence-electron chi connectivity index (χ0n) is 7.72. The van der Waals surface area contributed by atoms with E-state index in [4.69, 9.17) is 9.79 Å². The third kappa shape index (κ3) is 3.75. The van der Waals surface area contributed by atoms with E-state index in [0.29, 0.717) is 0 Å².